The Labute approximate surface area is 91.9 Å². The van der Waals surface area contributed by atoms with Crippen LogP contribution in [0.25, 0.3) is 0 Å². The van der Waals surface area contributed by atoms with Crippen LogP contribution in [0.4, 0.5) is 5.69 Å². The van der Waals surface area contributed by atoms with Gasteiger partial charge < -0.3 is 4.90 Å². The second kappa shape index (κ2) is 4.96. The fraction of sp³-hybridized carbons (Fsp3) is 0.462. The molecule has 15 heavy (non-hydrogen) atoms. The molecule has 82 valence electrons. The van der Waals surface area contributed by atoms with Gasteiger partial charge in [-0.05, 0) is 32.4 Å². The minimum absolute atomic E-state index is 0.450. The predicted octanol–water partition coefficient (Wildman–Crippen LogP) is 3.04. The first-order chi connectivity index (χ1) is 7.10. The zero-order valence-corrected chi connectivity index (χ0v) is 9.95. The Bertz CT molecular complexity index is 346. The quantitative estimate of drug-likeness (QED) is 0.704. The Morgan fingerprint density at radius 2 is 2.13 bits per heavy atom. The van der Waals surface area contributed by atoms with Gasteiger partial charge in [0.15, 0.2) is 6.29 Å². The van der Waals surface area contributed by atoms with Crippen LogP contribution >= 0.6 is 0 Å². The predicted molar refractivity (Wildman–Crippen MR) is 64.7 cm³/mol. The summed E-state index contributed by atoms with van der Waals surface area (Å²) < 4.78 is 0. The van der Waals surface area contributed by atoms with Crippen molar-refractivity contribution in [1.29, 1.82) is 0 Å². The van der Waals surface area contributed by atoms with E-state index in [0.717, 1.165) is 29.5 Å². The molecule has 1 aromatic carbocycles. The molecule has 0 spiro atoms. The van der Waals surface area contributed by atoms with Gasteiger partial charge in [0.2, 0.25) is 0 Å². The number of hydrogen-bond acceptors (Lipinski definition) is 2. The molecule has 1 unspecified atom stereocenters. The first-order valence-electron chi connectivity index (χ1n) is 5.38. The first kappa shape index (κ1) is 11.8. The minimum Gasteiger partial charge on any atom is -0.371 e. The van der Waals surface area contributed by atoms with Gasteiger partial charge in [0.05, 0.1) is 0 Å². The maximum atomic E-state index is 11.0. The van der Waals surface area contributed by atoms with Crippen LogP contribution < -0.4 is 4.90 Å². The number of anilines is 1. The van der Waals surface area contributed by atoms with Crippen molar-refractivity contribution in [2.75, 3.05) is 11.9 Å². The van der Waals surface area contributed by atoms with Gasteiger partial charge in [-0.3, -0.25) is 4.79 Å². The van der Waals surface area contributed by atoms with Crippen LogP contribution in [0.5, 0.6) is 0 Å². The van der Waals surface area contributed by atoms with Gasteiger partial charge in [0, 0.05) is 24.3 Å². The molecule has 0 radical (unpaired) electrons. The van der Waals surface area contributed by atoms with Gasteiger partial charge >= 0.3 is 0 Å². The molecule has 0 fully saturated rings. The molecule has 0 heterocycles. The Morgan fingerprint density at radius 3 is 2.67 bits per heavy atom. The van der Waals surface area contributed by atoms with Crippen LogP contribution in [0.15, 0.2) is 18.2 Å². The second-order valence-electron chi connectivity index (χ2n) is 4.05. The van der Waals surface area contributed by atoms with E-state index in [4.69, 9.17) is 0 Å². The molecule has 0 aliphatic heterocycles. The van der Waals surface area contributed by atoms with Gasteiger partial charge in [0.25, 0.3) is 0 Å². The third kappa shape index (κ3) is 2.58. The van der Waals surface area contributed by atoms with Crippen molar-refractivity contribution >= 4 is 12.0 Å². The van der Waals surface area contributed by atoms with Crippen molar-refractivity contribution in [3.05, 3.63) is 29.3 Å². The molecule has 0 N–H and O–H groups in total. The summed E-state index contributed by atoms with van der Waals surface area (Å²) >= 11 is 0. The van der Waals surface area contributed by atoms with Crippen LogP contribution in [0.1, 0.15) is 36.2 Å². The molecular weight excluding hydrogens is 186 g/mol. The van der Waals surface area contributed by atoms with Crippen molar-refractivity contribution in [2.45, 2.75) is 33.2 Å². The number of carbonyl (C=O) groups excluding carboxylic acids is 1. The molecule has 0 aliphatic carbocycles. The number of hydrogen-bond donors (Lipinski definition) is 0. The normalized spacial score (nSPS) is 12.3. The zero-order valence-electron chi connectivity index (χ0n) is 9.95. The van der Waals surface area contributed by atoms with E-state index in [1.165, 1.54) is 0 Å². The number of benzene rings is 1. The molecular formula is C13H19NO. The van der Waals surface area contributed by atoms with Crippen LogP contribution in [-0.4, -0.2) is 19.4 Å². The van der Waals surface area contributed by atoms with Crippen LogP contribution in [0, 0.1) is 6.92 Å². The zero-order chi connectivity index (χ0) is 11.4. The lowest BCUT2D eigenvalue weighted by atomic mass is 10.1. The van der Waals surface area contributed by atoms with E-state index in [-0.39, 0.29) is 0 Å². The van der Waals surface area contributed by atoms with E-state index >= 15 is 0 Å². The molecule has 0 saturated heterocycles. The van der Waals surface area contributed by atoms with Gasteiger partial charge in [-0.15, -0.1) is 0 Å². The highest BCUT2D eigenvalue weighted by Crippen LogP contribution is 2.21. The van der Waals surface area contributed by atoms with Crippen molar-refractivity contribution in [1.82, 2.24) is 0 Å². The minimum atomic E-state index is 0.450. The van der Waals surface area contributed by atoms with Gasteiger partial charge in [-0.1, -0.05) is 18.6 Å². The molecule has 1 rings (SSSR count). The largest absolute Gasteiger partial charge is 0.371 e. The lowest BCUT2D eigenvalue weighted by molar-refractivity contribution is 0.112. The van der Waals surface area contributed by atoms with Crippen LogP contribution in [0.3, 0.4) is 0 Å². The summed E-state index contributed by atoms with van der Waals surface area (Å²) in [4.78, 5) is 13.1. The molecule has 0 bridgehead atoms. The lowest BCUT2D eigenvalue weighted by Crippen LogP contribution is -2.28. The monoisotopic (exact) mass is 205 g/mol. The van der Waals surface area contributed by atoms with Crippen LogP contribution in [-0.2, 0) is 0 Å². The van der Waals surface area contributed by atoms with Crippen molar-refractivity contribution in [3.8, 4) is 0 Å². The summed E-state index contributed by atoms with van der Waals surface area (Å²) in [6.07, 6.45) is 2.00. The average molecular weight is 205 g/mol. The van der Waals surface area contributed by atoms with Crippen molar-refractivity contribution in [3.63, 3.8) is 0 Å². The smallest absolute Gasteiger partial charge is 0.152 e. The molecule has 1 aromatic rings. The maximum Gasteiger partial charge on any atom is 0.152 e. The molecule has 2 heteroatoms. The molecule has 2 nitrogen and oxygen atoms in total. The van der Waals surface area contributed by atoms with E-state index in [2.05, 4.69) is 18.7 Å². The standard InChI is InChI=1S/C13H19NO/c1-5-11(3)14(4)13-7-6-10(2)8-12(13)9-15/h6-9,11H,5H2,1-4H3. The van der Waals surface area contributed by atoms with Crippen molar-refractivity contribution < 1.29 is 4.79 Å². The summed E-state index contributed by atoms with van der Waals surface area (Å²) in [5.74, 6) is 0. The highest BCUT2D eigenvalue weighted by atomic mass is 16.1. The Hall–Kier alpha value is -1.31. The SMILES string of the molecule is CCC(C)N(C)c1ccc(C)cc1C=O. The number of rotatable bonds is 4. The number of carbonyl (C=O) groups is 1. The summed E-state index contributed by atoms with van der Waals surface area (Å²) in [6.45, 7) is 6.31. The Kier molecular flexibility index (Phi) is 3.89. The van der Waals surface area contributed by atoms with Gasteiger partial charge in [-0.2, -0.15) is 0 Å². The molecule has 0 aromatic heterocycles. The number of aryl methyl sites for hydroxylation is 1. The summed E-state index contributed by atoms with van der Waals surface area (Å²) in [7, 11) is 2.03. The lowest BCUT2D eigenvalue weighted by Gasteiger charge is -2.27. The highest BCUT2D eigenvalue weighted by Gasteiger charge is 2.11. The molecule has 1 atom stereocenters. The Morgan fingerprint density at radius 1 is 1.47 bits per heavy atom. The number of aldehydes is 1. The topological polar surface area (TPSA) is 20.3 Å². The van der Waals surface area contributed by atoms with Crippen LogP contribution in [0.2, 0.25) is 0 Å². The van der Waals surface area contributed by atoms with E-state index in [1.807, 2.05) is 32.2 Å². The molecule has 0 saturated carbocycles. The fourth-order valence-electron chi connectivity index (χ4n) is 1.60. The van der Waals surface area contributed by atoms with Crippen molar-refractivity contribution in [2.24, 2.45) is 0 Å². The van der Waals surface area contributed by atoms with Gasteiger partial charge in [0.1, 0.15) is 0 Å². The average Bonchev–Trinajstić information content (AvgIpc) is 2.26. The molecule has 0 amide bonds. The van der Waals surface area contributed by atoms with E-state index in [0.29, 0.717) is 6.04 Å². The summed E-state index contributed by atoms with van der Waals surface area (Å²) in [5.41, 5.74) is 2.92. The maximum absolute atomic E-state index is 11.0. The van der Waals surface area contributed by atoms with E-state index in [1.54, 1.807) is 0 Å². The highest BCUT2D eigenvalue weighted by molar-refractivity contribution is 5.85. The summed E-state index contributed by atoms with van der Waals surface area (Å²) in [6, 6.07) is 6.44. The molecule has 0 aliphatic rings. The Balaban J connectivity index is 3.07. The van der Waals surface area contributed by atoms with Gasteiger partial charge in [-0.25, -0.2) is 0 Å². The van der Waals surface area contributed by atoms with E-state index < -0.39 is 0 Å². The summed E-state index contributed by atoms with van der Waals surface area (Å²) in [5, 5.41) is 0. The third-order valence-electron chi connectivity index (χ3n) is 2.94. The fourth-order valence-corrected chi connectivity index (χ4v) is 1.60. The number of nitrogens with zero attached hydrogens (tertiary/aromatic N) is 1. The third-order valence-corrected chi connectivity index (χ3v) is 2.94. The van der Waals surface area contributed by atoms with E-state index in [9.17, 15) is 4.79 Å². The first-order valence-corrected chi connectivity index (χ1v) is 5.38. The second-order valence-corrected chi connectivity index (χ2v) is 4.05.